The van der Waals surface area contributed by atoms with Crippen LogP contribution in [0, 0.1) is 11.8 Å². The number of methoxy groups -OCH3 is 1. The first-order valence-electron chi connectivity index (χ1n) is 11.6. The molecule has 0 bridgehead atoms. The van der Waals surface area contributed by atoms with E-state index in [1.165, 1.54) is 18.4 Å². The van der Waals surface area contributed by atoms with Crippen LogP contribution in [0.4, 0.5) is 5.69 Å². The number of esters is 1. The number of benzene rings is 1. The average Bonchev–Trinajstić information content (AvgIpc) is 3.26. The molecule has 2 fully saturated rings. The molecule has 2 saturated carbocycles. The highest BCUT2D eigenvalue weighted by Gasteiger charge is 2.37. The third-order valence-electron chi connectivity index (χ3n) is 6.88. The Balaban J connectivity index is 1.75. The molecular formula is C26H31NO4S. The number of carbonyl (C=O) groups is 3. The number of nitrogens with zero attached hydrogens (tertiary/aromatic N) is 1. The first-order chi connectivity index (χ1) is 15.5. The minimum Gasteiger partial charge on any atom is -0.465 e. The summed E-state index contributed by atoms with van der Waals surface area (Å²) in [5.74, 6) is 0.544. The molecule has 2 aliphatic rings. The molecule has 6 heteroatoms. The molecule has 170 valence electrons. The van der Waals surface area contributed by atoms with Crippen molar-refractivity contribution in [1.82, 2.24) is 0 Å². The number of Topliss-reactive ketones (excluding diaryl/α,β-unsaturated/α-hetero) is 1. The molecule has 2 aliphatic carbocycles. The Morgan fingerprint density at radius 3 is 2.28 bits per heavy atom. The Hall–Kier alpha value is -2.47. The van der Waals surface area contributed by atoms with Crippen molar-refractivity contribution in [3.8, 4) is 10.4 Å². The second-order valence-electron chi connectivity index (χ2n) is 9.12. The van der Waals surface area contributed by atoms with E-state index in [1.807, 2.05) is 41.3 Å². The van der Waals surface area contributed by atoms with Gasteiger partial charge in [-0.05, 0) is 56.1 Å². The lowest BCUT2D eigenvalue weighted by molar-refractivity contribution is -0.125. The lowest BCUT2D eigenvalue weighted by Crippen LogP contribution is -2.46. The van der Waals surface area contributed by atoms with Gasteiger partial charge in [-0.3, -0.25) is 9.59 Å². The zero-order chi connectivity index (χ0) is 22.7. The molecule has 0 N–H and O–H groups in total. The van der Waals surface area contributed by atoms with Crippen molar-refractivity contribution < 1.29 is 19.1 Å². The van der Waals surface area contributed by atoms with Crippen LogP contribution in [-0.4, -0.2) is 30.8 Å². The standard InChI is InChI=1S/C26H31NO4S/c1-17-8-10-19(11-9-17)25(29)27(20-12-14-21(28)15-13-20)22-16-23(18-6-4-3-5-7-18)32-24(22)26(30)31-2/h3-7,16-17,19-20H,8-15H2,1-2H3/t17-,19-. The molecule has 4 rings (SSSR count). The van der Waals surface area contributed by atoms with E-state index in [4.69, 9.17) is 4.74 Å². The normalized spacial score (nSPS) is 21.9. The van der Waals surface area contributed by atoms with Gasteiger partial charge in [0.05, 0.1) is 12.8 Å². The van der Waals surface area contributed by atoms with Crippen LogP contribution in [0.25, 0.3) is 10.4 Å². The summed E-state index contributed by atoms with van der Waals surface area (Å²) in [5.41, 5.74) is 1.65. The predicted octanol–water partition coefficient (Wildman–Crippen LogP) is 5.87. The smallest absolute Gasteiger partial charge is 0.350 e. The van der Waals surface area contributed by atoms with Crippen LogP contribution in [0.15, 0.2) is 36.4 Å². The van der Waals surface area contributed by atoms with Crippen molar-refractivity contribution in [2.75, 3.05) is 12.0 Å². The van der Waals surface area contributed by atoms with Crippen molar-refractivity contribution in [1.29, 1.82) is 0 Å². The highest BCUT2D eigenvalue weighted by molar-refractivity contribution is 7.18. The maximum Gasteiger partial charge on any atom is 0.350 e. The highest BCUT2D eigenvalue weighted by Crippen LogP contribution is 2.41. The molecule has 5 nitrogen and oxygen atoms in total. The summed E-state index contributed by atoms with van der Waals surface area (Å²) in [5, 5.41) is 0. The number of anilines is 1. The van der Waals surface area contributed by atoms with Gasteiger partial charge in [0.25, 0.3) is 0 Å². The maximum absolute atomic E-state index is 13.9. The molecule has 0 radical (unpaired) electrons. The van der Waals surface area contributed by atoms with E-state index in [2.05, 4.69) is 6.92 Å². The van der Waals surface area contributed by atoms with Crippen molar-refractivity contribution in [2.45, 2.75) is 64.3 Å². The summed E-state index contributed by atoms with van der Waals surface area (Å²) in [4.78, 5) is 41.8. The molecule has 0 saturated heterocycles. The van der Waals surface area contributed by atoms with Crippen molar-refractivity contribution >= 4 is 34.7 Å². The van der Waals surface area contributed by atoms with E-state index < -0.39 is 5.97 Å². The SMILES string of the molecule is COC(=O)c1sc(-c2ccccc2)cc1N(C(=O)[C@H]1CC[C@H](C)CC1)C1CCC(=O)CC1. The van der Waals surface area contributed by atoms with Gasteiger partial charge in [-0.25, -0.2) is 4.79 Å². The molecule has 1 aromatic heterocycles. The largest absolute Gasteiger partial charge is 0.465 e. The van der Waals surface area contributed by atoms with Gasteiger partial charge in [-0.2, -0.15) is 0 Å². The van der Waals surface area contributed by atoms with Gasteiger partial charge in [-0.1, -0.05) is 37.3 Å². The Kier molecular flexibility index (Phi) is 7.09. The van der Waals surface area contributed by atoms with Gasteiger partial charge in [0.2, 0.25) is 5.91 Å². The number of hydrogen-bond acceptors (Lipinski definition) is 5. The number of carbonyl (C=O) groups excluding carboxylic acids is 3. The first-order valence-corrected chi connectivity index (χ1v) is 12.4. The maximum atomic E-state index is 13.9. The van der Waals surface area contributed by atoms with Crippen LogP contribution >= 0.6 is 11.3 Å². The average molecular weight is 454 g/mol. The van der Waals surface area contributed by atoms with Crippen LogP contribution in [-0.2, 0) is 14.3 Å². The molecule has 0 unspecified atom stereocenters. The monoisotopic (exact) mass is 453 g/mol. The zero-order valence-electron chi connectivity index (χ0n) is 18.8. The summed E-state index contributed by atoms with van der Waals surface area (Å²) in [6, 6.07) is 11.8. The Morgan fingerprint density at radius 1 is 1.00 bits per heavy atom. The molecule has 1 heterocycles. The van der Waals surface area contributed by atoms with E-state index >= 15 is 0 Å². The van der Waals surface area contributed by atoms with Gasteiger partial charge < -0.3 is 9.64 Å². The molecule has 2 aromatic rings. The minimum atomic E-state index is -0.422. The van der Waals surface area contributed by atoms with Crippen molar-refractivity contribution in [3.05, 3.63) is 41.3 Å². The van der Waals surface area contributed by atoms with E-state index in [1.54, 1.807) is 0 Å². The fourth-order valence-electron chi connectivity index (χ4n) is 4.93. The van der Waals surface area contributed by atoms with Crippen LogP contribution in [0.5, 0.6) is 0 Å². The topological polar surface area (TPSA) is 63.7 Å². The van der Waals surface area contributed by atoms with E-state index in [0.717, 1.165) is 36.1 Å². The van der Waals surface area contributed by atoms with Gasteiger partial charge in [0.1, 0.15) is 10.7 Å². The molecule has 32 heavy (non-hydrogen) atoms. The number of hydrogen-bond donors (Lipinski definition) is 0. The summed E-state index contributed by atoms with van der Waals surface area (Å²) in [7, 11) is 1.38. The summed E-state index contributed by atoms with van der Waals surface area (Å²) < 4.78 is 5.10. The van der Waals surface area contributed by atoms with Gasteiger partial charge in [0.15, 0.2) is 0 Å². The van der Waals surface area contributed by atoms with E-state index in [-0.39, 0.29) is 23.7 Å². The molecule has 0 aliphatic heterocycles. The van der Waals surface area contributed by atoms with Gasteiger partial charge in [0, 0.05) is 29.7 Å². The van der Waals surface area contributed by atoms with Crippen LogP contribution in [0.2, 0.25) is 0 Å². The summed E-state index contributed by atoms with van der Waals surface area (Å²) >= 11 is 1.37. The van der Waals surface area contributed by atoms with Gasteiger partial charge >= 0.3 is 5.97 Å². The second-order valence-corrected chi connectivity index (χ2v) is 10.2. The van der Waals surface area contributed by atoms with Crippen LogP contribution in [0.3, 0.4) is 0 Å². The fraction of sp³-hybridized carbons (Fsp3) is 0.500. The molecule has 0 spiro atoms. The van der Waals surface area contributed by atoms with Crippen molar-refractivity contribution in [3.63, 3.8) is 0 Å². The quantitative estimate of drug-likeness (QED) is 0.531. The number of rotatable bonds is 5. The van der Waals surface area contributed by atoms with E-state index in [9.17, 15) is 14.4 Å². The summed E-state index contributed by atoms with van der Waals surface area (Å²) in [6.07, 6.45) is 6.12. The third-order valence-corrected chi connectivity index (χ3v) is 8.03. The number of ketones is 1. The lowest BCUT2D eigenvalue weighted by atomic mass is 9.81. The lowest BCUT2D eigenvalue weighted by Gasteiger charge is -2.37. The zero-order valence-corrected chi connectivity index (χ0v) is 19.7. The van der Waals surface area contributed by atoms with Crippen LogP contribution in [0.1, 0.15) is 68.0 Å². The number of ether oxygens (including phenoxy) is 1. The Bertz CT molecular complexity index is 965. The summed E-state index contributed by atoms with van der Waals surface area (Å²) in [6.45, 7) is 2.24. The number of thiophene rings is 1. The first kappa shape index (κ1) is 22.7. The molecule has 1 aromatic carbocycles. The Labute approximate surface area is 193 Å². The molecule has 1 amide bonds. The fourth-order valence-corrected chi connectivity index (χ4v) is 6.00. The second kappa shape index (κ2) is 9.99. The highest BCUT2D eigenvalue weighted by atomic mass is 32.1. The Morgan fingerprint density at radius 2 is 1.66 bits per heavy atom. The van der Waals surface area contributed by atoms with Crippen molar-refractivity contribution in [2.24, 2.45) is 11.8 Å². The number of amides is 1. The predicted molar refractivity (Wildman–Crippen MR) is 127 cm³/mol. The van der Waals surface area contributed by atoms with Crippen LogP contribution < -0.4 is 4.90 Å². The third kappa shape index (κ3) is 4.80. The van der Waals surface area contributed by atoms with E-state index in [0.29, 0.717) is 42.2 Å². The molecule has 0 atom stereocenters. The minimum absolute atomic E-state index is 0.0330. The van der Waals surface area contributed by atoms with Gasteiger partial charge in [-0.15, -0.1) is 11.3 Å². The molecular weight excluding hydrogens is 422 g/mol.